The van der Waals surface area contributed by atoms with E-state index in [-0.39, 0.29) is 30.5 Å². The van der Waals surface area contributed by atoms with Gasteiger partial charge in [0.25, 0.3) is 0 Å². The number of Topliss-reactive ketones (excluding diaryl/α,β-unsaturated/α-hetero) is 1. The Hall–Kier alpha value is -3.96. The molecule has 59 heavy (non-hydrogen) atoms. The van der Waals surface area contributed by atoms with Crippen LogP contribution in [0.5, 0.6) is 0 Å². The summed E-state index contributed by atoms with van der Waals surface area (Å²) in [5.41, 5.74) is 6.95. The lowest BCUT2D eigenvalue weighted by molar-refractivity contribution is -0.278. The average molecular weight is 826 g/mol. The summed E-state index contributed by atoms with van der Waals surface area (Å²) in [5.74, 6) is -3.66. The summed E-state index contributed by atoms with van der Waals surface area (Å²) in [7, 11) is 3.77. The zero-order valence-electron chi connectivity index (χ0n) is 36.3. The second-order valence-electron chi connectivity index (χ2n) is 17.5. The highest BCUT2D eigenvalue weighted by molar-refractivity contribution is 6.00. The van der Waals surface area contributed by atoms with Gasteiger partial charge < -0.3 is 44.8 Å². The van der Waals surface area contributed by atoms with Crippen LogP contribution in [0.1, 0.15) is 87.0 Å². The first-order valence-electron chi connectivity index (χ1n) is 21.3. The molecule has 0 aliphatic carbocycles. The van der Waals surface area contributed by atoms with E-state index in [0.29, 0.717) is 57.4 Å². The number of carbonyl (C=O) groups is 4. The number of cyclic esters (lactones) is 1. The van der Waals surface area contributed by atoms with Crippen molar-refractivity contribution in [1.82, 2.24) is 30.1 Å². The molecule has 328 valence electrons. The van der Waals surface area contributed by atoms with E-state index < -0.39 is 71.8 Å². The van der Waals surface area contributed by atoms with Gasteiger partial charge in [0.05, 0.1) is 24.4 Å². The van der Waals surface area contributed by atoms with Crippen molar-refractivity contribution in [3.8, 4) is 11.3 Å². The number of nitrogens with two attached hydrogens (primary N) is 1. The highest BCUT2D eigenvalue weighted by Crippen LogP contribution is 2.39. The van der Waals surface area contributed by atoms with Crippen LogP contribution in [0.4, 0.5) is 10.5 Å². The third kappa shape index (κ3) is 10.7. The highest BCUT2D eigenvalue weighted by Gasteiger charge is 2.58. The van der Waals surface area contributed by atoms with Gasteiger partial charge in [-0.05, 0) is 104 Å². The lowest BCUT2D eigenvalue weighted by atomic mass is 9.79. The Bertz CT molecular complexity index is 1740. The van der Waals surface area contributed by atoms with Gasteiger partial charge in [0.15, 0.2) is 17.7 Å². The largest absolute Gasteiger partial charge is 0.458 e. The maximum atomic E-state index is 14.3. The summed E-state index contributed by atoms with van der Waals surface area (Å²) in [6.45, 7) is 14.3. The number of nitrogens with zero attached hydrogens (tertiary/aromatic N) is 5. The molecule has 2 aromatic rings. The topological polar surface area (TPSA) is 201 Å². The van der Waals surface area contributed by atoms with Crippen molar-refractivity contribution < 1.29 is 43.2 Å². The number of ketones is 1. The number of benzene rings is 1. The van der Waals surface area contributed by atoms with E-state index in [4.69, 9.17) is 24.7 Å². The minimum Gasteiger partial charge on any atom is -0.458 e. The predicted octanol–water partition coefficient (Wildman–Crippen LogP) is 4.08. The standard InChI is InChI=1S/C43H67N7O9/c1-10-35-43(7)39(50(42(55)59-43)18-12-11-17-49-24-33(46-47-49)30-14-13-15-32(44)22-30)29(6)45-23-25(2)20-31(16-19-51)38(27(4)36(52)28(5)40(54)57-35)58-41-37(53)34(48(8)9)21-26(3)56-41/h13-15,19,22,24-29,31,34-35,37-39,41,45,53H,10-12,16-18,20-21,23,44H2,1-9H3/t25-,26-,27+,28-,29-,31+,34?,35-,37?,38-,39-,41+,43-/m1/s1. The van der Waals surface area contributed by atoms with Crippen molar-refractivity contribution in [3.05, 3.63) is 30.5 Å². The highest BCUT2D eigenvalue weighted by atomic mass is 16.7. The first-order valence-corrected chi connectivity index (χ1v) is 21.3. The fraction of sp³-hybridized carbons (Fsp3) is 0.721. The number of carbonyl (C=O) groups excluding carboxylic acids is 4. The van der Waals surface area contributed by atoms with Crippen LogP contribution in [0.15, 0.2) is 30.5 Å². The van der Waals surface area contributed by atoms with E-state index >= 15 is 0 Å². The summed E-state index contributed by atoms with van der Waals surface area (Å²) in [4.78, 5) is 57.9. The number of aliphatic hydroxyl groups is 1. The second-order valence-corrected chi connectivity index (χ2v) is 17.5. The first-order chi connectivity index (χ1) is 28.0. The number of ether oxygens (including phenoxy) is 4. The van der Waals surface area contributed by atoms with E-state index in [2.05, 4.69) is 22.6 Å². The minimum absolute atomic E-state index is 0.0125. The number of fused-ring (bicyclic) bond motifs is 1. The maximum Gasteiger partial charge on any atom is 0.410 e. The number of aliphatic hydroxyl groups excluding tert-OH is 1. The SMILES string of the molecule is CC[C@H]1OC(=O)[C@H](C)C(=O)[C@H](C)[C@@H](O[C@@H]2O[C@H](C)CC(N(C)C)C2O)[C@@H](CC=O)C[C@@H](C)CN[C@H](C)[C@H]2N(CCCCn3cc(-c4cccc(N)c4)nn3)C(=O)O[C@]12C. The van der Waals surface area contributed by atoms with Crippen LogP contribution >= 0.6 is 0 Å². The van der Waals surface area contributed by atoms with Crippen molar-refractivity contribution in [2.75, 3.05) is 32.9 Å². The summed E-state index contributed by atoms with van der Waals surface area (Å²) in [6, 6.07) is 6.38. The zero-order chi connectivity index (χ0) is 43.2. The molecule has 1 aromatic carbocycles. The van der Waals surface area contributed by atoms with Gasteiger partial charge in [-0.3, -0.25) is 19.2 Å². The second kappa shape index (κ2) is 20.1. The Labute approximate surface area is 348 Å². The molecule has 4 N–H and O–H groups in total. The molecule has 3 saturated heterocycles. The molecule has 2 unspecified atom stereocenters. The normalized spacial score (nSPS) is 35.1. The lowest BCUT2D eigenvalue weighted by Gasteiger charge is -2.44. The molecule has 0 bridgehead atoms. The van der Waals surface area contributed by atoms with E-state index in [1.54, 1.807) is 23.4 Å². The number of aromatic nitrogens is 3. The Morgan fingerprint density at radius 2 is 1.83 bits per heavy atom. The van der Waals surface area contributed by atoms with Crippen molar-refractivity contribution in [1.29, 1.82) is 0 Å². The fourth-order valence-corrected chi connectivity index (χ4v) is 9.33. The van der Waals surface area contributed by atoms with E-state index in [1.165, 1.54) is 6.92 Å². The molecular weight excluding hydrogens is 759 g/mol. The molecule has 16 nitrogen and oxygen atoms in total. The maximum absolute atomic E-state index is 14.3. The first kappa shape index (κ1) is 46.1. The van der Waals surface area contributed by atoms with Crippen LogP contribution in [-0.4, -0.2) is 136 Å². The van der Waals surface area contributed by atoms with E-state index in [9.17, 15) is 24.3 Å². The smallest absolute Gasteiger partial charge is 0.410 e. The number of hydrogen-bond donors (Lipinski definition) is 3. The van der Waals surface area contributed by atoms with Gasteiger partial charge in [-0.25, -0.2) is 4.79 Å². The number of nitrogen functional groups attached to an aromatic ring is 1. The lowest BCUT2D eigenvalue weighted by Crippen LogP contribution is -2.60. The van der Waals surface area contributed by atoms with Crippen LogP contribution in [-0.2, 0) is 39.9 Å². The Balaban J connectivity index is 1.37. The molecule has 1 aromatic heterocycles. The van der Waals surface area contributed by atoms with Crippen molar-refractivity contribution >= 4 is 29.8 Å². The Morgan fingerprint density at radius 3 is 2.51 bits per heavy atom. The number of aryl methyl sites for hydroxylation is 1. The summed E-state index contributed by atoms with van der Waals surface area (Å²) in [6.07, 6.45) is 1.06. The number of unbranched alkanes of at least 4 members (excludes halogenated alkanes) is 1. The molecule has 3 aliphatic heterocycles. The predicted molar refractivity (Wildman–Crippen MR) is 221 cm³/mol. The quantitative estimate of drug-likeness (QED) is 0.0909. The number of aldehydes is 1. The van der Waals surface area contributed by atoms with Crippen LogP contribution < -0.4 is 11.1 Å². The molecule has 0 radical (unpaired) electrons. The summed E-state index contributed by atoms with van der Waals surface area (Å²) < 4.78 is 26.9. The third-order valence-corrected chi connectivity index (χ3v) is 12.6. The van der Waals surface area contributed by atoms with Crippen LogP contribution in [0.2, 0.25) is 0 Å². The summed E-state index contributed by atoms with van der Waals surface area (Å²) in [5, 5.41) is 23.6. The zero-order valence-corrected chi connectivity index (χ0v) is 36.3. The number of hydrogen-bond acceptors (Lipinski definition) is 14. The van der Waals surface area contributed by atoms with Gasteiger partial charge in [-0.15, -0.1) is 5.10 Å². The summed E-state index contributed by atoms with van der Waals surface area (Å²) >= 11 is 0. The Morgan fingerprint density at radius 1 is 1.10 bits per heavy atom. The number of likely N-dealkylation sites (N-methyl/N-ethyl adjacent to an activating group) is 1. The molecule has 0 saturated carbocycles. The average Bonchev–Trinajstić information content (AvgIpc) is 3.77. The number of amides is 1. The van der Waals surface area contributed by atoms with Crippen molar-refractivity contribution in [2.24, 2.45) is 23.7 Å². The molecule has 0 spiro atoms. The van der Waals surface area contributed by atoms with Crippen LogP contribution in [0, 0.1) is 23.7 Å². The number of anilines is 1. The molecule has 3 aliphatic rings. The van der Waals surface area contributed by atoms with Gasteiger partial charge in [-0.2, -0.15) is 0 Å². The number of nitrogens with one attached hydrogen (secondary N) is 1. The Kier molecular flexibility index (Phi) is 15.7. The van der Waals surface area contributed by atoms with Gasteiger partial charge in [0, 0.05) is 48.8 Å². The van der Waals surface area contributed by atoms with Gasteiger partial charge in [0.1, 0.15) is 30.1 Å². The molecule has 5 rings (SSSR count). The van der Waals surface area contributed by atoms with E-state index in [1.807, 2.05) is 70.2 Å². The number of esters is 1. The third-order valence-electron chi connectivity index (χ3n) is 12.6. The van der Waals surface area contributed by atoms with Gasteiger partial charge in [-0.1, -0.05) is 38.1 Å². The van der Waals surface area contributed by atoms with Gasteiger partial charge in [0.2, 0.25) is 0 Å². The van der Waals surface area contributed by atoms with Gasteiger partial charge >= 0.3 is 12.1 Å². The van der Waals surface area contributed by atoms with Crippen LogP contribution in [0.3, 0.4) is 0 Å². The molecule has 4 heterocycles. The van der Waals surface area contributed by atoms with Crippen molar-refractivity contribution in [2.45, 2.75) is 148 Å². The molecule has 1 amide bonds. The molecule has 13 atom stereocenters. The number of rotatable bonds is 12. The monoisotopic (exact) mass is 826 g/mol. The fourth-order valence-electron chi connectivity index (χ4n) is 9.33. The molecule has 3 fully saturated rings. The van der Waals surface area contributed by atoms with E-state index in [0.717, 1.165) is 17.5 Å². The van der Waals surface area contributed by atoms with Crippen molar-refractivity contribution in [3.63, 3.8) is 0 Å². The minimum atomic E-state index is -1.25. The van der Waals surface area contributed by atoms with Crippen LogP contribution in [0.25, 0.3) is 11.3 Å². The molecular formula is C43H67N7O9. The molecule has 16 heteroatoms.